The van der Waals surface area contributed by atoms with Crippen LogP contribution >= 0.6 is 11.8 Å². The fourth-order valence-electron chi connectivity index (χ4n) is 3.35. The average molecular weight is 354 g/mol. The van der Waals surface area contributed by atoms with E-state index in [1.807, 2.05) is 11.8 Å². The second-order valence-electron chi connectivity index (χ2n) is 6.18. The number of aliphatic carboxylic acids is 1. The van der Waals surface area contributed by atoms with Crippen molar-refractivity contribution in [1.29, 1.82) is 0 Å². The quantitative estimate of drug-likeness (QED) is 0.711. The van der Waals surface area contributed by atoms with Crippen LogP contribution in [0.3, 0.4) is 0 Å². The maximum absolute atomic E-state index is 11.6. The van der Waals surface area contributed by atoms with Crippen molar-refractivity contribution in [2.75, 3.05) is 13.2 Å². The number of nitrogens with one attached hydrogen (secondary N) is 1. The van der Waals surface area contributed by atoms with E-state index in [1.54, 1.807) is 5.41 Å². The number of carboxylic acid groups (broad SMARTS) is 1. The minimum absolute atomic E-state index is 0.0210. The van der Waals surface area contributed by atoms with Crippen LogP contribution in [0.25, 0.3) is 0 Å². The molecule has 0 aromatic carbocycles. The van der Waals surface area contributed by atoms with E-state index in [4.69, 9.17) is 9.47 Å². The van der Waals surface area contributed by atoms with Gasteiger partial charge in [-0.25, -0.2) is 9.59 Å². The first-order chi connectivity index (χ1) is 11.3. The normalized spacial score (nSPS) is 31.6. The summed E-state index contributed by atoms with van der Waals surface area (Å²) in [7, 11) is 0. The lowest BCUT2D eigenvalue weighted by atomic mass is 9.76. The number of carbonyl (C=O) groups excluding carboxylic acids is 2. The molecule has 3 rings (SSSR count). The molecule has 0 bridgehead atoms. The molecular formula is C15H18N2O6S. The Balaban J connectivity index is 1.69. The van der Waals surface area contributed by atoms with Gasteiger partial charge in [-0.3, -0.25) is 4.79 Å². The van der Waals surface area contributed by atoms with E-state index >= 15 is 0 Å². The Morgan fingerprint density at radius 2 is 2.25 bits per heavy atom. The Morgan fingerprint density at radius 1 is 1.50 bits per heavy atom. The van der Waals surface area contributed by atoms with E-state index < -0.39 is 17.7 Å². The molecule has 2 saturated heterocycles. The number of rotatable bonds is 5. The van der Waals surface area contributed by atoms with Gasteiger partial charge in [0.1, 0.15) is 12.3 Å². The minimum atomic E-state index is -0.976. The van der Waals surface area contributed by atoms with E-state index in [9.17, 15) is 19.5 Å². The molecule has 2 fully saturated rings. The van der Waals surface area contributed by atoms with Crippen molar-refractivity contribution in [3.8, 4) is 0 Å². The van der Waals surface area contributed by atoms with Gasteiger partial charge in [0.15, 0.2) is 5.60 Å². The third kappa shape index (κ3) is 2.83. The number of hydrogen-bond acceptors (Lipinski definition) is 7. The topological polar surface area (TPSA) is 105 Å². The zero-order valence-corrected chi connectivity index (χ0v) is 14.1. The van der Waals surface area contributed by atoms with Crippen LogP contribution in [0, 0.1) is 5.92 Å². The Hall–Kier alpha value is -2.16. The highest BCUT2D eigenvalue weighted by Crippen LogP contribution is 2.50. The van der Waals surface area contributed by atoms with Crippen molar-refractivity contribution in [2.45, 2.75) is 31.9 Å². The largest absolute Gasteiger partial charge is 0.509 e. The van der Waals surface area contributed by atoms with Crippen molar-refractivity contribution in [1.82, 2.24) is 10.2 Å². The van der Waals surface area contributed by atoms with Gasteiger partial charge in [-0.2, -0.15) is 0 Å². The fourth-order valence-corrected chi connectivity index (χ4v) is 4.24. The molecule has 3 aliphatic rings. The Morgan fingerprint density at radius 3 is 2.83 bits per heavy atom. The van der Waals surface area contributed by atoms with Crippen molar-refractivity contribution >= 4 is 29.8 Å². The highest BCUT2D eigenvalue weighted by molar-refractivity contribution is 8.05. The van der Waals surface area contributed by atoms with Gasteiger partial charge in [0.2, 0.25) is 5.91 Å². The van der Waals surface area contributed by atoms with E-state index in [2.05, 4.69) is 5.32 Å². The van der Waals surface area contributed by atoms with Crippen LogP contribution in [-0.2, 0) is 19.1 Å². The van der Waals surface area contributed by atoms with Crippen LogP contribution in [0.15, 0.2) is 22.2 Å². The number of nitrogens with zero attached hydrogens (tertiary/aromatic N) is 1. The van der Waals surface area contributed by atoms with Gasteiger partial charge in [-0.15, -0.1) is 0 Å². The minimum Gasteiger partial charge on any atom is -0.477 e. The lowest BCUT2D eigenvalue weighted by Crippen LogP contribution is -2.62. The van der Waals surface area contributed by atoms with Gasteiger partial charge in [0.25, 0.3) is 0 Å². The molecule has 0 aromatic heterocycles. The summed E-state index contributed by atoms with van der Waals surface area (Å²) in [5.74, 6) is -1.14. The molecule has 1 amide bonds. The maximum Gasteiger partial charge on any atom is 0.509 e. The Kier molecular flexibility index (Phi) is 4.20. The zero-order chi connectivity index (χ0) is 17.5. The van der Waals surface area contributed by atoms with Crippen molar-refractivity contribution in [3.05, 3.63) is 22.2 Å². The Bertz CT molecular complexity index is 660. The molecule has 130 valence electrons. The predicted octanol–water partition coefficient (Wildman–Crippen LogP) is 1.25. The van der Waals surface area contributed by atoms with Crippen LogP contribution in [0.2, 0.25) is 0 Å². The summed E-state index contributed by atoms with van der Waals surface area (Å²) in [5.41, 5.74) is -0.434. The second kappa shape index (κ2) is 6.04. The molecule has 0 aromatic rings. The monoisotopic (exact) mass is 354 g/mol. The van der Waals surface area contributed by atoms with E-state index in [0.29, 0.717) is 13.0 Å². The fraction of sp³-hybridized carbons (Fsp3) is 0.533. The number of carboxylic acids is 1. The number of thioether (sulfide) groups is 1. The molecule has 0 aliphatic carbocycles. The first-order valence-electron chi connectivity index (χ1n) is 7.49. The second-order valence-corrected chi connectivity index (χ2v) is 7.18. The summed E-state index contributed by atoms with van der Waals surface area (Å²) >= 11 is 1.28. The number of hydrogen-bond donors (Lipinski definition) is 2. The number of ether oxygens (including phenoxy) is 2. The van der Waals surface area contributed by atoms with Gasteiger partial charge in [-0.05, 0) is 12.3 Å². The molecule has 9 heteroatoms. The molecule has 3 heterocycles. The summed E-state index contributed by atoms with van der Waals surface area (Å²) in [6.07, 6.45) is 1.38. The molecule has 3 atom stereocenters. The standard InChI is InChI=1S/C15H18N2O6S/c1-8(18)16-3-4-24-11-5-10-9(6-17(10)12(11)13(19)20)15(2)7-22-14(21)23-15/h3-4,9-10H,5-7H2,1-2H3,(H,16,18)(H,19,20). The Labute approximate surface area is 142 Å². The highest BCUT2D eigenvalue weighted by atomic mass is 32.2. The van der Waals surface area contributed by atoms with E-state index in [1.165, 1.54) is 24.9 Å². The lowest BCUT2D eigenvalue weighted by molar-refractivity contribution is -0.138. The molecular weight excluding hydrogens is 336 g/mol. The summed E-state index contributed by atoms with van der Waals surface area (Å²) in [6, 6.07) is -0.0210. The maximum atomic E-state index is 11.6. The molecule has 24 heavy (non-hydrogen) atoms. The van der Waals surface area contributed by atoms with E-state index in [0.717, 1.165) is 4.91 Å². The summed E-state index contributed by atoms with van der Waals surface area (Å²) in [4.78, 5) is 36.2. The van der Waals surface area contributed by atoms with Crippen molar-refractivity contribution in [2.24, 2.45) is 5.92 Å². The van der Waals surface area contributed by atoms with Gasteiger partial charge in [0, 0.05) is 43.0 Å². The molecule has 0 radical (unpaired) electrons. The van der Waals surface area contributed by atoms with Gasteiger partial charge in [-0.1, -0.05) is 11.8 Å². The summed E-state index contributed by atoms with van der Waals surface area (Å²) in [6.45, 7) is 3.92. The van der Waals surface area contributed by atoms with Gasteiger partial charge in [0.05, 0.1) is 0 Å². The molecule has 3 unspecified atom stereocenters. The third-order valence-corrected chi connectivity index (χ3v) is 5.47. The molecule has 8 nitrogen and oxygen atoms in total. The van der Waals surface area contributed by atoms with Gasteiger partial charge >= 0.3 is 12.1 Å². The number of carbonyl (C=O) groups is 3. The predicted molar refractivity (Wildman–Crippen MR) is 84.6 cm³/mol. The summed E-state index contributed by atoms with van der Waals surface area (Å²) in [5, 5.41) is 13.7. The van der Waals surface area contributed by atoms with Crippen LogP contribution in [0.1, 0.15) is 20.3 Å². The zero-order valence-electron chi connectivity index (χ0n) is 13.3. The third-order valence-electron chi connectivity index (χ3n) is 4.55. The number of fused-ring (bicyclic) bond motifs is 1. The van der Waals surface area contributed by atoms with Gasteiger partial charge < -0.3 is 24.8 Å². The van der Waals surface area contributed by atoms with Crippen molar-refractivity contribution < 1.29 is 29.0 Å². The number of cyclic esters (lactones) is 2. The molecule has 2 N–H and O–H groups in total. The van der Waals surface area contributed by atoms with Crippen molar-refractivity contribution in [3.63, 3.8) is 0 Å². The van der Waals surface area contributed by atoms with Crippen LogP contribution in [0.4, 0.5) is 4.79 Å². The molecule has 3 aliphatic heterocycles. The molecule has 0 saturated carbocycles. The SMILES string of the molecule is CC(=O)NC=CSC1=C(C(=O)O)N2CC(C3(C)COC(=O)O3)C2C1. The lowest BCUT2D eigenvalue weighted by Gasteiger charge is -2.50. The first kappa shape index (κ1) is 16.7. The summed E-state index contributed by atoms with van der Waals surface area (Å²) < 4.78 is 10.2. The average Bonchev–Trinajstić information content (AvgIpc) is 2.94. The van der Waals surface area contributed by atoms with Crippen LogP contribution in [0.5, 0.6) is 0 Å². The highest BCUT2D eigenvalue weighted by Gasteiger charge is 2.58. The van der Waals surface area contributed by atoms with Crippen LogP contribution < -0.4 is 5.32 Å². The number of amides is 1. The van der Waals surface area contributed by atoms with E-state index in [-0.39, 0.29) is 30.2 Å². The smallest absolute Gasteiger partial charge is 0.477 e. The first-order valence-corrected chi connectivity index (χ1v) is 8.37. The van der Waals surface area contributed by atoms with Crippen LogP contribution in [-0.4, -0.2) is 52.8 Å². The molecule has 0 spiro atoms.